The highest BCUT2D eigenvalue weighted by Crippen LogP contribution is 2.38. The van der Waals surface area contributed by atoms with Gasteiger partial charge in [-0.25, -0.2) is 0 Å². The van der Waals surface area contributed by atoms with Crippen LogP contribution in [0.25, 0.3) is 0 Å². The van der Waals surface area contributed by atoms with Gasteiger partial charge in [0.05, 0.1) is 10.9 Å². The molecule has 1 N–H and O–H groups in total. The molecule has 0 bridgehead atoms. The summed E-state index contributed by atoms with van der Waals surface area (Å²) in [5.74, 6) is 0. The van der Waals surface area contributed by atoms with Crippen LogP contribution in [0.3, 0.4) is 0 Å². The number of rotatable bonds is 36. The second kappa shape index (κ2) is 37.1. The Hall–Kier alpha value is -2.72. The summed E-state index contributed by atoms with van der Waals surface area (Å²) >= 11 is 0. The molecule has 0 heterocycles. The SMILES string of the molecule is CCCCCCCCCCCCc1cc(CCCCCCCCCCCC)c([S+](c2ccccc2)c2ccccc2)c(CCCCCCCCCCCC)c1.O=C([O-])O. The van der Waals surface area contributed by atoms with Gasteiger partial charge in [-0.1, -0.05) is 243 Å². The summed E-state index contributed by atoms with van der Waals surface area (Å²) < 4.78 is 0. The topological polar surface area (TPSA) is 60.4 Å². The predicted octanol–water partition coefficient (Wildman–Crippen LogP) is 17.1. The lowest BCUT2D eigenvalue weighted by Crippen LogP contribution is -2.17. The van der Waals surface area contributed by atoms with E-state index in [1.54, 1.807) is 21.6 Å². The fraction of sp³-hybridized carbons (Fsp3) is 0.655. The molecule has 0 spiro atoms. The van der Waals surface area contributed by atoms with E-state index in [2.05, 4.69) is 93.6 Å². The molecule has 0 amide bonds. The first-order chi connectivity index (χ1) is 29.0. The number of aryl methyl sites for hydroxylation is 3. The number of benzene rings is 3. The van der Waals surface area contributed by atoms with Gasteiger partial charge in [0.2, 0.25) is 6.16 Å². The Morgan fingerprint density at radius 2 is 0.678 bits per heavy atom. The van der Waals surface area contributed by atoms with Crippen molar-refractivity contribution in [3.05, 3.63) is 89.5 Å². The highest BCUT2D eigenvalue weighted by molar-refractivity contribution is 7.97. The van der Waals surface area contributed by atoms with Crippen molar-refractivity contribution in [3.8, 4) is 0 Å². The summed E-state index contributed by atoms with van der Waals surface area (Å²) in [5, 5.41) is 15.3. The molecule has 332 valence electrons. The van der Waals surface area contributed by atoms with Crippen LogP contribution in [-0.4, -0.2) is 11.3 Å². The fourth-order valence-corrected chi connectivity index (χ4v) is 11.0. The van der Waals surface area contributed by atoms with Crippen molar-refractivity contribution in [2.24, 2.45) is 0 Å². The van der Waals surface area contributed by atoms with Crippen molar-refractivity contribution in [2.45, 2.75) is 247 Å². The van der Waals surface area contributed by atoms with Gasteiger partial charge in [0.25, 0.3) is 0 Å². The van der Waals surface area contributed by atoms with Crippen LogP contribution in [0.4, 0.5) is 4.79 Å². The Bertz CT molecular complexity index is 1300. The highest BCUT2D eigenvalue weighted by atomic mass is 32.2. The second-order valence-electron chi connectivity index (χ2n) is 17.2. The van der Waals surface area contributed by atoms with Crippen LogP contribution in [-0.2, 0) is 30.2 Å². The molecule has 59 heavy (non-hydrogen) atoms. The van der Waals surface area contributed by atoms with Gasteiger partial charge in [0, 0.05) is 11.1 Å². The van der Waals surface area contributed by atoms with Crippen molar-refractivity contribution < 1.29 is 15.0 Å². The largest absolute Gasteiger partial charge is 0.565 e. The Labute approximate surface area is 367 Å². The summed E-state index contributed by atoms with van der Waals surface area (Å²) in [6.07, 6.45) is 43.7. The maximum atomic E-state index is 8.44. The summed E-state index contributed by atoms with van der Waals surface area (Å²) in [6, 6.07) is 28.5. The molecular weight excluding hydrogens is 741 g/mol. The third kappa shape index (κ3) is 26.3. The average Bonchev–Trinajstić information content (AvgIpc) is 3.24. The van der Waals surface area contributed by atoms with E-state index in [0.29, 0.717) is 0 Å². The smallest absolute Gasteiger partial charge is 0.249 e. The Morgan fingerprint density at radius 1 is 0.424 bits per heavy atom. The van der Waals surface area contributed by atoms with Crippen LogP contribution in [0.15, 0.2) is 87.5 Å². The number of carboxylic acid groups (broad SMARTS) is 2. The van der Waals surface area contributed by atoms with Crippen LogP contribution in [0.2, 0.25) is 0 Å². The van der Waals surface area contributed by atoms with Gasteiger partial charge in [-0.05, 0) is 68.4 Å². The van der Waals surface area contributed by atoms with E-state index in [1.165, 1.54) is 222 Å². The lowest BCUT2D eigenvalue weighted by Gasteiger charge is -2.18. The maximum absolute atomic E-state index is 8.44. The molecule has 3 aromatic rings. The number of carbonyl (C=O) groups is 1. The van der Waals surface area contributed by atoms with Crippen LogP contribution in [0.1, 0.15) is 230 Å². The van der Waals surface area contributed by atoms with Crippen molar-refractivity contribution >= 4 is 17.1 Å². The molecule has 0 fully saturated rings. The average molecular weight is 829 g/mol. The van der Waals surface area contributed by atoms with Gasteiger partial charge in [-0.15, -0.1) is 0 Å². The minimum absolute atomic E-state index is 0.0897. The highest BCUT2D eigenvalue weighted by Gasteiger charge is 2.34. The van der Waals surface area contributed by atoms with Crippen molar-refractivity contribution in [2.75, 3.05) is 0 Å². The first kappa shape index (κ1) is 52.4. The minimum atomic E-state index is -2.08. The van der Waals surface area contributed by atoms with Gasteiger partial charge in [-0.3, -0.25) is 0 Å². The summed E-state index contributed by atoms with van der Waals surface area (Å²) in [5.41, 5.74) is 4.96. The molecule has 0 saturated heterocycles. The van der Waals surface area contributed by atoms with Crippen LogP contribution >= 0.6 is 0 Å². The molecular formula is C55H88O3S. The molecule has 3 aromatic carbocycles. The molecule has 0 aliphatic heterocycles. The molecule has 0 aliphatic carbocycles. The molecule has 0 aromatic heterocycles. The zero-order valence-corrected chi connectivity index (χ0v) is 39.3. The zero-order valence-electron chi connectivity index (χ0n) is 38.4. The van der Waals surface area contributed by atoms with Gasteiger partial charge < -0.3 is 15.0 Å². The van der Waals surface area contributed by atoms with Crippen molar-refractivity contribution in [1.82, 2.24) is 0 Å². The van der Waals surface area contributed by atoms with E-state index in [1.807, 2.05) is 0 Å². The van der Waals surface area contributed by atoms with E-state index < -0.39 is 6.16 Å². The molecule has 3 nitrogen and oxygen atoms in total. The molecule has 0 aliphatic rings. The van der Waals surface area contributed by atoms with Gasteiger partial charge in [0.1, 0.15) is 0 Å². The molecule has 0 unspecified atom stereocenters. The van der Waals surface area contributed by atoms with E-state index in [4.69, 9.17) is 15.0 Å². The monoisotopic (exact) mass is 829 g/mol. The predicted molar refractivity (Wildman–Crippen MR) is 256 cm³/mol. The van der Waals surface area contributed by atoms with Crippen LogP contribution in [0, 0.1) is 0 Å². The van der Waals surface area contributed by atoms with Gasteiger partial charge >= 0.3 is 0 Å². The summed E-state index contributed by atoms with van der Waals surface area (Å²) in [7, 11) is -0.0897. The standard InChI is InChI=1S/C54H87S.CH2O3/c1-4-7-10-13-16-19-22-25-28-33-40-49-47-50(41-34-29-26-23-20-17-14-11-8-5-2)54(51(48-49)42-35-30-27-24-21-18-15-12-9-6-3)55(52-43-36-31-37-44-52)53-45-38-32-39-46-53;2-1(3)4/h31-32,36-39,43-48H,4-30,33-35,40-42H2,1-3H3;(H2,2,3,4)/q+1;/p-1. The van der Waals surface area contributed by atoms with Gasteiger partial charge in [0.15, 0.2) is 14.7 Å². The minimum Gasteiger partial charge on any atom is -0.565 e. The summed E-state index contributed by atoms with van der Waals surface area (Å²) in [4.78, 5) is 13.1. The number of hydrogen-bond acceptors (Lipinski definition) is 2. The van der Waals surface area contributed by atoms with E-state index >= 15 is 0 Å². The lowest BCUT2D eigenvalue weighted by atomic mass is 9.94. The molecule has 0 radical (unpaired) electrons. The Morgan fingerprint density at radius 3 is 0.966 bits per heavy atom. The van der Waals surface area contributed by atoms with E-state index in [0.717, 1.165) is 0 Å². The van der Waals surface area contributed by atoms with Crippen LogP contribution < -0.4 is 5.11 Å². The molecule has 0 saturated carbocycles. The van der Waals surface area contributed by atoms with Crippen molar-refractivity contribution in [3.63, 3.8) is 0 Å². The maximum Gasteiger partial charge on any atom is 0.249 e. The quantitative estimate of drug-likeness (QED) is 0.0469. The third-order valence-electron chi connectivity index (χ3n) is 11.9. The van der Waals surface area contributed by atoms with Crippen LogP contribution in [0.5, 0.6) is 0 Å². The number of unbranched alkanes of at least 4 members (excludes halogenated alkanes) is 27. The fourth-order valence-electron chi connectivity index (χ4n) is 8.51. The molecule has 0 atom stereocenters. The van der Waals surface area contributed by atoms with E-state index in [9.17, 15) is 0 Å². The second-order valence-corrected chi connectivity index (χ2v) is 19.2. The van der Waals surface area contributed by atoms with Gasteiger partial charge in [-0.2, -0.15) is 0 Å². The first-order valence-electron chi connectivity index (χ1n) is 24.9. The Kier molecular flexibility index (Phi) is 32.9. The molecule has 3 rings (SSSR count). The lowest BCUT2D eigenvalue weighted by molar-refractivity contribution is -0.275. The first-order valence-corrected chi connectivity index (χ1v) is 26.1. The molecule has 4 heteroatoms. The normalized spacial score (nSPS) is 11.2. The van der Waals surface area contributed by atoms with E-state index in [-0.39, 0.29) is 10.9 Å². The summed E-state index contributed by atoms with van der Waals surface area (Å²) in [6.45, 7) is 6.96. The third-order valence-corrected chi connectivity index (χ3v) is 14.3. The van der Waals surface area contributed by atoms with Crippen molar-refractivity contribution in [1.29, 1.82) is 0 Å². The zero-order chi connectivity index (χ0) is 42.4. The Balaban J connectivity index is 0.00000286. The number of hydrogen-bond donors (Lipinski definition) is 1.